The molecule has 0 bridgehead atoms. The van der Waals surface area contributed by atoms with Gasteiger partial charge < -0.3 is 15.3 Å². The Morgan fingerprint density at radius 1 is 1.35 bits per heavy atom. The number of aliphatic hydroxyl groups excluding tert-OH is 1. The molecule has 1 fully saturated rings. The third-order valence-corrected chi connectivity index (χ3v) is 3.45. The minimum Gasteiger partial charge on any atom is -0.389 e. The third kappa shape index (κ3) is 3.57. The third-order valence-electron chi connectivity index (χ3n) is 3.45. The van der Waals surface area contributed by atoms with E-state index in [2.05, 4.69) is 5.32 Å². The van der Waals surface area contributed by atoms with Gasteiger partial charge in [-0.25, -0.2) is 0 Å². The molecule has 108 valence electrons. The number of benzene rings is 1. The van der Waals surface area contributed by atoms with Crippen LogP contribution in [0.5, 0.6) is 0 Å². The van der Waals surface area contributed by atoms with Gasteiger partial charge >= 0.3 is 0 Å². The summed E-state index contributed by atoms with van der Waals surface area (Å²) in [7, 11) is 0. The first-order valence-electron chi connectivity index (χ1n) is 6.75. The molecule has 1 aliphatic rings. The smallest absolute Gasteiger partial charge is 0.225 e. The van der Waals surface area contributed by atoms with Gasteiger partial charge in [0.2, 0.25) is 11.8 Å². The highest BCUT2D eigenvalue weighted by atomic mass is 16.3. The van der Waals surface area contributed by atoms with Crippen molar-refractivity contribution in [2.24, 2.45) is 0 Å². The van der Waals surface area contributed by atoms with Crippen LogP contribution < -0.4 is 5.32 Å². The molecule has 1 unspecified atom stereocenters. The Morgan fingerprint density at radius 2 is 1.95 bits per heavy atom. The fourth-order valence-electron chi connectivity index (χ4n) is 2.26. The zero-order valence-electron chi connectivity index (χ0n) is 11.8. The SMILES string of the molecule is CC(=O)NC(CC(=O)N1CC(O)C1)c1ccc(C)cc1. The quantitative estimate of drug-likeness (QED) is 0.853. The van der Waals surface area contributed by atoms with Crippen molar-refractivity contribution in [3.63, 3.8) is 0 Å². The van der Waals surface area contributed by atoms with Crippen LogP contribution in [0.1, 0.15) is 30.5 Å². The summed E-state index contributed by atoms with van der Waals surface area (Å²) in [4.78, 5) is 25.0. The van der Waals surface area contributed by atoms with Gasteiger partial charge in [0, 0.05) is 20.0 Å². The number of β-amino-alcohol motifs (C(OH)–C–C–N with tert-alkyl or cyclic N) is 1. The summed E-state index contributed by atoms with van der Waals surface area (Å²) in [6, 6.07) is 7.45. The van der Waals surface area contributed by atoms with E-state index < -0.39 is 6.10 Å². The molecule has 1 saturated heterocycles. The van der Waals surface area contributed by atoms with Gasteiger partial charge in [0.15, 0.2) is 0 Å². The maximum absolute atomic E-state index is 12.1. The van der Waals surface area contributed by atoms with Crippen molar-refractivity contribution >= 4 is 11.8 Å². The number of aliphatic hydroxyl groups is 1. The van der Waals surface area contributed by atoms with Crippen LogP contribution in [-0.4, -0.2) is 41.0 Å². The van der Waals surface area contributed by atoms with Gasteiger partial charge in [0.1, 0.15) is 0 Å². The molecule has 1 heterocycles. The van der Waals surface area contributed by atoms with Gasteiger partial charge in [0.05, 0.1) is 18.6 Å². The van der Waals surface area contributed by atoms with Gasteiger partial charge in [-0.05, 0) is 12.5 Å². The van der Waals surface area contributed by atoms with Crippen LogP contribution >= 0.6 is 0 Å². The number of likely N-dealkylation sites (tertiary alicyclic amines) is 1. The number of nitrogens with zero attached hydrogens (tertiary/aromatic N) is 1. The van der Waals surface area contributed by atoms with E-state index in [1.807, 2.05) is 31.2 Å². The highest BCUT2D eigenvalue weighted by Crippen LogP contribution is 2.20. The highest BCUT2D eigenvalue weighted by Gasteiger charge is 2.30. The number of aryl methyl sites for hydroxylation is 1. The predicted molar refractivity (Wildman–Crippen MR) is 74.9 cm³/mol. The summed E-state index contributed by atoms with van der Waals surface area (Å²) in [5.74, 6) is -0.207. The Balaban J connectivity index is 2.05. The molecule has 0 spiro atoms. The molecular formula is C15H20N2O3. The molecule has 0 aliphatic carbocycles. The van der Waals surface area contributed by atoms with Gasteiger partial charge in [-0.15, -0.1) is 0 Å². The Bertz CT molecular complexity index is 492. The van der Waals surface area contributed by atoms with E-state index in [4.69, 9.17) is 0 Å². The fraction of sp³-hybridized carbons (Fsp3) is 0.467. The van der Waals surface area contributed by atoms with E-state index in [-0.39, 0.29) is 24.3 Å². The average Bonchev–Trinajstić information content (AvgIpc) is 2.34. The summed E-state index contributed by atoms with van der Waals surface area (Å²) in [5, 5.41) is 12.0. The molecular weight excluding hydrogens is 256 g/mol. The van der Waals surface area contributed by atoms with Crippen LogP contribution in [-0.2, 0) is 9.59 Å². The summed E-state index contributed by atoms with van der Waals surface area (Å²) >= 11 is 0. The van der Waals surface area contributed by atoms with Crippen molar-refractivity contribution in [2.75, 3.05) is 13.1 Å². The van der Waals surface area contributed by atoms with Crippen molar-refractivity contribution in [1.29, 1.82) is 0 Å². The first-order valence-corrected chi connectivity index (χ1v) is 6.75. The molecule has 0 radical (unpaired) electrons. The Hall–Kier alpha value is -1.88. The molecule has 1 aliphatic heterocycles. The second-order valence-electron chi connectivity index (χ2n) is 5.32. The van der Waals surface area contributed by atoms with Crippen LogP contribution in [0.2, 0.25) is 0 Å². The lowest BCUT2D eigenvalue weighted by Gasteiger charge is -2.36. The van der Waals surface area contributed by atoms with E-state index >= 15 is 0 Å². The van der Waals surface area contributed by atoms with E-state index in [9.17, 15) is 14.7 Å². The molecule has 2 amide bonds. The number of carbonyl (C=O) groups is 2. The zero-order chi connectivity index (χ0) is 14.7. The molecule has 1 atom stereocenters. The lowest BCUT2D eigenvalue weighted by atomic mass is 10.0. The molecule has 0 aromatic heterocycles. The van der Waals surface area contributed by atoms with Crippen molar-refractivity contribution < 1.29 is 14.7 Å². The van der Waals surface area contributed by atoms with Crippen LogP contribution in [0.15, 0.2) is 24.3 Å². The molecule has 2 rings (SSSR count). The van der Waals surface area contributed by atoms with Crippen LogP contribution in [0.3, 0.4) is 0 Å². The molecule has 20 heavy (non-hydrogen) atoms. The second kappa shape index (κ2) is 6.05. The topological polar surface area (TPSA) is 69.6 Å². The number of hydrogen-bond donors (Lipinski definition) is 2. The summed E-state index contributed by atoms with van der Waals surface area (Å²) in [6.07, 6.45) is -0.187. The molecule has 2 N–H and O–H groups in total. The lowest BCUT2D eigenvalue weighted by Crippen LogP contribution is -2.54. The van der Waals surface area contributed by atoms with Gasteiger partial charge in [0.25, 0.3) is 0 Å². The standard InChI is InChI=1S/C15H20N2O3/c1-10-3-5-12(6-4-10)14(16-11(2)18)7-15(20)17-8-13(19)9-17/h3-6,13-14,19H,7-9H2,1-2H3,(H,16,18). The Labute approximate surface area is 118 Å². The average molecular weight is 276 g/mol. The summed E-state index contributed by atoms with van der Waals surface area (Å²) in [5.41, 5.74) is 2.05. The largest absolute Gasteiger partial charge is 0.389 e. The molecule has 5 heteroatoms. The zero-order valence-corrected chi connectivity index (χ0v) is 11.8. The van der Waals surface area contributed by atoms with Crippen molar-refractivity contribution in [1.82, 2.24) is 10.2 Å². The maximum Gasteiger partial charge on any atom is 0.225 e. The van der Waals surface area contributed by atoms with Crippen LogP contribution in [0.25, 0.3) is 0 Å². The Kier molecular flexibility index (Phi) is 4.39. The van der Waals surface area contributed by atoms with Crippen LogP contribution in [0.4, 0.5) is 0 Å². The minimum atomic E-state index is -0.405. The molecule has 5 nitrogen and oxygen atoms in total. The number of carbonyl (C=O) groups excluding carboxylic acids is 2. The van der Waals surface area contributed by atoms with Crippen molar-refractivity contribution in [3.05, 3.63) is 35.4 Å². The van der Waals surface area contributed by atoms with Gasteiger partial charge in [-0.2, -0.15) is 0 Å². The number of hydrogen-bond acceptors (Lipinski definition) is 3. The first-order chi connectivity index (χ1) is 9.45. The minimum absolute atomic E-state index is 0.0466. The Morgan fingerprint density at radius 3 is 2.45 bits per heavy atom. The predicted octanol–water partition coefficient (Wildman–Crippen LogP) is 0.765. The van der Waals surface area contributed by atoms with E-state index in [0.29, 0.717) is 13.1 Å². The van der Waals surface area contributed by atoms with Crippen molar-refractivity contribution in [2.45, 2.75) is 32.4 Å². The number of rotatable bonds is 4. The summed E-state index contributed by atoms with van der Waals surface area (Å²) in [6.45, 7) is 4.21. The van der Waals surface area contributed by atoms with Gasteiger partial charge in [-0.1, -0.05) is 29.8 Å². The summed E-state index contributed by atoms with van der Waals surface area (Å²) < 4.78 is 0. The lowest BCUT2D eigenvalue weighted by molar-refractivity contribution is -0.142. The van der Waals surface area contributed by atoms with Gasteiger partial charge in [-0.3, -0.25) is 9.59 Å². The van der Waals surface area contributed by atoms with E-state index in [0.717, 1.165) is 11.1 Å². The monoisotopic (exact) mass is 276 g/mol. The van der Waals surface area contributed by atoms with Crippen molar-refractivity contribution in [3.8, 4) is 0 Å². The maximum atomic E-state index is 12.1. The normalized spacial score (nSPS) is 16.4. The molecule has 1 aromatic carbocycles. The number of amides is 2. The van der Waals surface area contributed by atoms with E-state index in [1.54, 1.807) is 4.90 Å². The number of nitrogens with one attached hydrogen (secondary N) is 1. The first kappa shape index (κ1) is 14.5. The second-order valence-corrected chi connectivity index (χ2v) is 5.32. The fourth-order valence-corrected chi connectivity index (χ4v) is 2.26. The molecule has 1 aromatic rings. The van der Waals surface area contributed by atoms with Crippen LogP contribution in [0, 0.1) is 6.92 Å². The van der Waals surface area contributed by atoms with E-state index in [1.165, 1.54) is 6.92 Å². The molecule has 0 saturated carbocycles. The highest BCUT2D eigenvalue weighted by molar-refractivity contribution is 5.79.